The van der Waals surface area contributed by atoms with E-state index < -0.39 is 15.0 Å². The first kappa shape index (κ1) is 21.2. The van der Waals surface area contributed by atoms with Crippen LogP contribution >= 0.6 is 0 Å². The topological polar surface area (TPSA) is 43.3 Å². The lowest BCUT2D eigenvalue weighted by molar-refractivity contribution is 0.0777. The number of para-hydroxylation sites is 1. The van der Waals surface area contributed by atoms with Gasteiger partial charge in [0.05, 0.1) is 11.6 Å². The summed E-state index contributed by atoms with van der Waals surface area (Å²) in [6.45, 7) is 5.34. The molecule has 3 aromatic carbocycles. The van der Waals surface area contributed by atoms with E-state index in [0.29, 0.717) is 0 Å². The molecule has 5 rings (SSSR count). The van der Waals surface area contributed by atoms with Gasteiger partial charge in [-0.15, -0.1) is 0 Å². The minimum atomic E-state index is -1.23. The smallest absolute Gasteiger partial charge is 0.384 e. The molecule has 0 saturated heterocycles. The van der Waals surface area contributed by atoms with E-state index in [1.54, 1.807) is 14.2 Å². The third-order valence-electron chi connectivity index (χ3n) is 6.88. The third kappa shape index (κ3) is 3.09. The molecule has 0 saturated carbocycles. The average molecular weight is 446 g/mol. The summed E-state index contributed by atoms with van der Waals surface area (Å²) >= 11 is 0. The van der Waals surface area contributed by atoms with E-state index in [1.807, 2.05) is 6.21 Å². The van der Waals surface area contributed by atoms with Gasteiger partial charge in [-0.25, -0.2) is 0 Å². The summed E-state index contributed by atoms with van der Waals surface area (Å²) in [5, 5.41) is 2.28. The quantitative estimate of drug-likeness (QED) is 0.463. The van der Waals surface area contributed by atoms with Crippen LogP contribution in [0.25, 0.3) is 10.8 Å². The summed E-state index contributed by atoms with van der Waals surface area (Å²) in [5.74, 6) is 0.829. The molecule has 2 aliphatic rings. The Morgan fingerprint density at radius 2 is 1.72 bits per heavy atom. The van der Waals surface area contributed by atoms with Crippen LogP contribution in [0, 0.1) is 0 Å². The Hall–Kier alpha value is -2.67. The highest BCUT2D eigenvalue weighted by Gasteiger charge is 2.59. The minimum absolute atomic E-state index is 0.285. The van der Waals surface area contributed by atoms with Crippen molar-refractivity contribution < 1.29 is 13.6 Å². The van der Waals surface area contributed by atoms with E-state index in [1.165, 1.54) is 16.6 Å². The van der Waals surface area contributed by atoms with Gasteiger partial charge in [-0.2, -0.15) is 0 Å². The number of benzene rings is 3. The molecule has 2 aliphatic heterocycles. The number of anilines is 1. The number of hydrogen-bond donors (Lipinski definition) is 0. The van der Waals surface area contributed by atoms with Crippen LogP contribution in [0.3, 0.4) is 0 Å². The molecule has 32 heavy (non-hydrogen) atoms. The fourth-order valence-corrected chi connectivity index (χ4v) is 6.13. The lowest BCUT2D eigenvalue weighted by Gasteiger charge is -2.46. The normalized spacial score (nSPS) is 20.6. The Labute approximate surface area is 191 Å². The van der Waals surface area contributed by atoms with Crippen molar-refractivity contribution in [3.05, 3.63) is 66.2 Å². The van der Waals surface area contributed by atoms with Gasteiger partial charge < -0.3 is 18.5 Å². The number of ether oxygens (including phenoxy) is 1. The van der Waals surface area contributed by atoms with Crippen molar-refractivity contribution in [2.75, 3.05) is 25.7 Å². The average Bonchev–Trinajstić information content (AvgIpc) is 3.00. The predicted molar refractivity (Wildman–Crippen MR) is 131 cm³/mol. The van der Waals surface area contributed by atoms with Crippen LogP contribution in [0.15, 0.2) is 65.7 Å². The fourth-order valence-electron chi connectivity index (χ4n) is 5.11. The van der Waals surface area contributed by atoms with Crippen LogP contribution in [0.2, 0.25) is 6.04 Å². The van der Waals surface area contributed by atoms with Crippen LogP contribution in [-0.4, -0.2) is 42.0 Å². The largest absolute Gasteiger partial charge is 0.459 e. The van der Waals surface area contributed by atoms with E-state index in [-0.39, 0.29) is 5.41 Å². The maximum Gasteiger partial charge on any atom is 0.384 e. The molecule has 165 valence electrons. The van der Waals surface area contributed by atoms with E-state index in [9.17, 15) is 0 Å². The van der Waals surface area contributed by atoms with Crippen molar-refractivity contribution in [2.45, 2.75) is 37.5 Å². The van der Waals surface area contributed by atoms with Crippen molar-refractivity contribution in [3.63, 3.8) is 0 Å². The van der Waals surface area contributed by atoms with Crippen LogP contribution < -0.4 is 9.64 Å². The first-order chi connectivity index (χ1) is 15.5. The van der Waals surface area contributed by atoms with Gasteiger partial charge in [-0.05, 0) is 49.4 Å². The van der Waals surface area contributed by atoms with Crippen molar-refractivity contribution in [1.82, 2.24) is 0 Å². The van der Waals surface area contributed by atoms with Gasteiger partial charge in [-0.3, -0.25) is 4.99 Å². The zero-order valence-electron chi connectivity index (χ0n) is 19.1. The van der Waals surface area contributed by atoms with Crippen LogP contribution in [0.1, 0.15) is 25.8 Å². The zero-order chi connectivity index (χ0) is 22.3. The minimum Gasteiger partial charge on any atom is -0.459 e. The lowest BCUT2D eigenvalue weighted by atomic mass is 9.77. The molecular formula is C26H29N2O3Si. The standard InChI is InChI=1S/C26H29N2O3Si/c1-25(2)21-12-7-8-13-22(21)28(16-9-17-32(29-3)30-4)26(25)18-27-24-20-11-6-5-10-19(20)14-15-23(24)31-26/h5-8,10-15,18H,9,16-17H2,1-4H3. The van der Waals surface area contributed by atoms with Gasteiger partial charge in [0.15, 0.2) is 0 Å². The number of aliphatic imine (C=N–C) groups is 1. The second-order valence-corrected chi connectivity index (χ2v) is 10.9. The van der Waals surface area contributed by atoms with Gasteiger partial charge in [-0.1, -0.05) is 48.5 Å². The molecule has 0 bridgehead atoms. The molecule has 2 heterocycles. The number of nitrogens with zero attached hydrogens (tertiary/aromatic N) is 2. The molecule has 0 fully saturated rings. The second kappa shape index (κ2) is 8.03. The molecule has 0 aliphatic carbocycles. The van der Waals surface area contributed by atoms with Gasteiger partial charge >= 0.3 is 9.28 Å². The highest BCUT2D eigenvalue weighted by atomic mass is 28.3. The number of rotatable bonds is 6. The highest BCUT2D eigenvalue weighted by molar-refractivity contribution is 6.44. The molecule has 0 N–H and O–H groups in total. The monoisotopic (exact) mass is 445 g/mol. The second-order valence-electron chi connectivity index (χ2n) is 8.87. The molecule has 3 aromatic rings. The highest BCUT2D eigenvalue weighted by Crippen LogP contribution is 2.54. The Kier molecular flexibility index (Phi) is 5.32. The molecule has 1 atom stereocenters. The van der Waals surface area contributed by atoms with E-state index in [0.717, 1.165) is 35.8 Å². The van der Waals surface area contributed by atoms with Gasteiger partial charge in [0, 0.05) is 31.8 Å². The van der Waals surface area contributed by atoms with Crippen LogP contribution in [0.5, 0.6) is 5.75 Å². The van der Waals surface area contributed by atoms with E-state index in [4.69, 9.17) is 18.6 Å². The molecule has 1 unspecified atom stereocenters. The molecule has 6 heteroatoms. The van der Waals surface area contributed by atoms with Crippen molar-refractivity contribution in [3.8, 4) is 5.75 Å². The van der Waals surface area contributed by atoms with Crippen molar-refractivity contribution in [1.29, 1.82) is 0 Å². The van der Waals surface area contributed by atoms with E-state index in [2.05, 4.69) is 79.4 Å². The molecule has 0 aromatic heterocycles. The number of fused-ring (bicyclic) bond motifs is 4. The van der Waals surface area contributed by atoms with Crippen LogP contribution in [0.4, 0.5) is 11.4 Å². The third-order valence-corrected chi connectivity index (χ3v) is 8.55. The zero-order valence-corrected chi connectivity index (χ0v) is 20.1. The maximum atomic E-state index is 6.93. The Balaban J connectivity index is 1.57. The molecule has 1 radical (unpaired) electrons. The maximum absolute atomic E-state index is 6.93. The van der Waals surface area contributed by atoms with Gasteiger partial charge in [0.2, 0.25) is 5.72 Å². The van der Waals surface area contributed by atoms with Crippen LogP contribution in [-0.2, 0) is 14.3 Å². The first-order valence-corrected chi connectivity index (χ1v) is 12.6. The van der Waals surface area contributed by atoms with Crippen molar-refractivity contribution >= 4 is 37.6 Å². The molecular weight excluding hydrogens is 416 g/mol. The lowest BCUT2D eigenvalue weighted by Crippen LogP contribution is -2.62. The Morgan fingerprint density at radius 3 is 2.53 bits per heavy atom. The summed E-state index contributed by atoms with van der Waals surface area (Å²) in [7, 11) is 2.22. The summed E-state index contributed by atoms with van der Waals surface area (Å²) in [4.78, 5) is 7.41. The summed E-state index contributed by atoms with van der Waals surface area (Å²) in [6.07, 6.45) is 2.98. The van der Waals surface area contributed by atoms with Crippen molar-refractivity contribution in [2.24, 2.45) is 4.99 Å². The Bertz CT molecular complexity index is 1170. The Morgan fingerprint density at radius 1 is 0.969 bits per heavy atom. The SMILES string of the molecule is CO[Si](CCCN1c2ccccc2C(C)(C)C12C=Nc1c(ccc3ccccc13)O2)OC. The number of hydrogen-bond acceptors (Lipinski definition) is 5. The fraction of sp³-hybridized carbons (Fsp3) is 0.346. The molecule has 5 nitrogen and oxygen atoms in total. The van der Waals surface area contributed by atoms with Gasteiger partial charge in [0.25, 0.3) is 0 Å². The van der Waals surface area contributed by atoms with Gasteiger partial charge in [0.1, 0.15) is 11.4 Å². The first-order valence-electron chi connectivity index (χ1n) is 11.1. The summed E-state index contributed by atoms with van der Waals surface area (Å²) in [6, 6.07) is 22.0. The molecule has 1 spiro atoms. The summed E-state index contributed by atoms with van der Waals surface area (Å²) in [5.41, 5.74) is 2.41. The van der Waals surface area contributed by atoms with E-state index >= 15 is 0 Å². The summed E-state index contributed by atoms with van der Waals surface area (Å²) < 4.78 is 17.9. The molecule has 0 amide bonds. The predicted octanol–water partition coefficient (Wildman–Crippen LogP) is 5.60.